The van der Waals surface area contributed by atoms with Gasteiger partial charge in [-0.3, -0.25) is 4.79 Å². The average molecular weight is 343 g/mol. The monoisotopic (exact) mass is 343 g/mol. The number of imide groups is 1. The highest BCUT2D eigenvalue weighted by Gasteiger charge is 2.37. The van der Waals surface area contributed by atoms with Crippen molar-refractivity contribution in [2.75, 3.05) is 6.61 Å². The Morgan fingerprint density at radius 3 is 2.67 bits per heavy atom. The first kappa shape index (κ1) is 18.3. The minimum absolute atomic E-state index is 0.159. The highest BCUT2D eigenvalue weighted by molar-refractivity contribution is 6.83. The van der Waals surface area contributed by atoms with Crippen LogP contribution in [0.15, 0.2) is 30.3 Å². The second-order valence-electron chi connectivity index (χ2n) is 7.09. The molecular weight excluding hydrogens is 318 g/mol. The van der Waals surface area contributed by atoms with Gasteiger partial charge >= 0.3 is 6.09 Å². The van der Waals surface area contributed by atoms with Crippen molar-refractivity contribution in [1.29, 1.82) is 0 Å². The lowest BCUT2D eigenvalue weighted by Gasteiger charge is -2.19. The Morgan fingerprint density at radius 1 is 1.29 bits per heavy atom. The quantitative estimate of drug-likeness (QED) is 0.466. The van der Waals surface area contributed by atoms with Gasteiger partial charge in [0.15, 0.2) is 0 Å². The lowest BCUT2D eigenvalue weighted by atomic mass is 10.1. The molecule has 2 amide bonds. The SMILES string of the molecule is C[Si](C)(C)C#CCCCC(=O)N1C(=O)OC[C@@H]1Cc1ccccc1. The Balaban J connectivity index is 1.88. The summed E-state index contributed by atoms with van der Waals surface area (Å²) in [5.74, 6) is 3.00. The summed E-state index contributed by atoms with van der Waals surface area (Å²) in [5, 5.41) is 0. The minimum atomic E-state index is -1.36. The van der Waals surface area contributed by atoms with E-state index in [0.717, 1.165) is 5.56 Å². The van der Waals surface area contributed by atoms with Gasteiger partial charge in [-0.15, -0.1) is 11.5 Å². The van der Waals surface area contributed by atoms with Crippen molar-refractivity contribution in [2.24, 2.45) is 0 Å². The zero-order chi connectivity index (χ0) is 17.6. The molecular formula is C19H25NO3Si. The van der Waals surface area contributed by atoms with E-state index < -0.39 is 14.2 Å². The number of carbonyl (C=O) groups excluding carboxylic acids is 2. The summed E-state index contributed by atoms with van der Waals surface area (Å²) in [4.78, 5) is 25.6. The van der Waals surface area contributed by atoms with Gasteiger partial charge in [0.25, 0.3) is 0 Å². The standard InChI is InChI=1S/C19H25NO3Si/c1-24(2,3)13-9-5-8-12-18(21)20-17(15-23-19(20)22)14-16-10-6-4-7-11-16/h4,6-7,10-11,17H,5,8,12,14-15H2,1-3H3/t17-/m0/s1. The number of unbranched alkanes of at least 4 members (excludes halogenated alkanes) is 1. The van der Waals surface area contributed by atoms with Gasteiger partial charge in [0, 0.05) is 12.8 Å². The lowest BCUT2D eigenvalue weighted by molar-refractivity contribution is -0.129. The predicted molar refractivity (Wildman–Crippen MR) is 97.1 cm³/mol. The Kier molecular flexibility index (Phi) is 6.21. The number of ether oxygens (including phenoxy) is 1. The molecule has 0 aliphatic carbocycles. The van der Waals surface area contributed by atoms with Gasteiger partial charge in [0.05, 0.1) is 6.04 Å². The van der Waals surface area contributed by atoms with Crippen LogP contribution in [-0.2, 0) is 16.0 Å². The van der Waals surface area contributed by atoms with E-state index in [0.29, 0.717) is 25.7 Å². The molecule has 24 heavy (non-hydrogen) atoms. The summed E-state index contributed by atoms with van der Waals surface area (Å²) in [6.45, 7) is 6.85. The number of hydrogen-bond acceptors (Lipinski definition) is 3. The highest BCUT2D eigenvalue weighted by atomic mass is 28.3. The zero-order valence-corrected chi connectivity index (χ0v) is 15.7. The summed E-state index contributed by atoms with van der Waals surface area (Å²) >= 11 is 0. The fourth-order valence-corrected chi connectivity index (χ4v) is 3.23. The molecule has 1 atom stereocenters. The molecule has 0 bridgehead atoms. The molecule has 1 heterocycles. The van der Waals surface area contributed by atoms with Crippen LogP contribution in [0.2, 0.25) is 19.6 Å². The Bertz CT molecular complexity index is 640. The Labute approximate surface area is 145 Å². The molecule has 0 N–H and O–H groups in total. The third kappa shape index (κ3) is 5.54. The molecule has 0 saturated carbocycles. The average Bonchev–Trinajstić information content (AvgIpc) is 2.87. The maximum Gasteiger partial charge on any atom is 0.416 e. The Hall–Kier alpha value is -2.06. The van der Waals surface area contributed by atoms with E-state index in [-0.39, 0.29) is 18.6 Å². The molecule has 128 valence electrons. The molecule has 0 spiro atoms. The van der Waals surface area contributed by atoms with E-state index in [1.165, 1.54) is 4.90 Å². The molecule has 1 saturated heterocycles. The fourth-order valence-electron chi connectivity index (χ4n) is 2.58. The van der Waals surface area contributed by atoms with E-state index in [2.05, 4.69) is 31.1 Å². The number of rotatable bonds is 5. The normalized spacial score (nSPS) is 17.2. The van der Waals surface area contributed by atoms with Crippen molar-refractivity contribution in [3.63, 3.8) is 0 Å². The molecule has 4 nitrogen and oxygen atoms in total. The number of amides is 2. The fraction of sp³-hybridized carbons (Fsp3) is 0.474. The van der Waals surface area contributed by atoms with Crippen molar-refractivity contribution in [3.8, 4) is 11.5 Å². The smallest absolute Gasteiger partial charge is 0.416 e. The molecule has 1 aliphatic rings. The van der Waals surface area contributed by atoms with Gasteiger partial charge in [0.1, 0.15) is 14.7 Å². The number of nitrogens with zero attached hydrogens (tertiary/aromatic N) is 1. The second kappa shape index (κ2) is 8.16. The first-order valence-corrected chi connectivity index (χ1v) is 11.9. The van der Waals surface area contributed by atoms with Crippen molar-refractivity contribution >= 4 is 20.1 Å². The summed E-state index contributed by atoms with van der Waals surface area (Å²) in [6.07, 6.45) is 1.82. The van der Waals surface area contributed by atoms with Crippen LogP contribution < -0.4 is 0 Å². The van der Waals surface area contributed by atoms with Crippen LogP contribution >= 0.6 is 0 Å². The third-order valence-corrected chi connectivity index (χ3v) is 4.63. The van der Waals surface area contributed by atoms with E-state index in [4.69, 9.17) is 4.74 Å². The van der Waals surface area contributed by atoms with Gasteiger partial charge in [-0.1, -0.05) is 50.0 Å². The van der Waals surface area contributed by atoms with Crippen molar-refractivity contribution in [2.45, 2.75) is 51.4 Å². The second-order valence-corrected chi connectivity index (χ2v) is 11.8. The maximum atomic E-state index is 12.4. The van der Waals surface area contributed by atoms with Crippen LogP contribution in [0.3, 0.4) is 0 Å². The van der Waals surface area contributed by atoms with Gasteiger partial charge in [-0.05, 0) is 18.4 Å². The van der Waals surface area contributed by atoms with Crippen molar-refractivity contribution in [1.82, 2.24) is 4.90 Å². The molecule has 0 aromatic heterocycles. The largest absolute Gasteiger partial charge is 0.447 e. The predicted octanol–water partition coefficient (Wildman–Crippen LogP) is 3.63. The van der Waals surface area contributed by atoms with Crippen molar-refractivity contribution < 1.29 is 14.3 Å². The molecule has 1 aromatic rings. The Morgan fingerprint density at radius 2 is 2.00 bits per heavy atom. The van der Waals surface area contributed by atoms with Crippen LogP contribution in [0, 0.1) is 11.5 Å². The van der Waals surface area contributed by atoms with Crippen LogP contribution in [0.4, 0.5) is 4.79 Å². The maximum absolute atomic E-state index is 12.4. The molecule has 2 rings (SSSR count). The summed E-state index contributed by atoms with van der Waals surface area (Å²) in [5.41, 5.74) is 4.38. The van der Waals surface area contributed by atoms with Crippen LogP contribution in [0.25, 0.3) is 0 Å². The van der Waals surface area contributed by atoms with Crippen molar-refractivity contribution in [3.05, 3.63) is 35.9 Å². The van der Waals surface area contributed by atoms with Gasteiger partial charge in [-0.25, -0.2) is 9.69 Å². The first-order chi connectivity index (χ1) is 11.4. The highest BCUT2D eigenvalue weighted by Crippen LogP contribution is 2.19. The number of carbonyl (C=O) groups is 2. The topological polar surface area (TPSA) is 46.6 Å². The molecule has 5 heteroatoms. The minimum Gasteiger partial charge on any atom is -0.447 e. The summed E-state index contributed by atoms with van der Waals surface area (Å²) in [6, 6.07) is 9.64. The number of benzene rings is 1. The van der Waals surface area contributed by atoms with Crippen LogP contribution in [-0.4, -0.2) is 37.6 Å². The zero-order valence-electron chi connectivity index (χ0n) is 14.7. The molecule has 1 aliphatic heterocycles. The number of cyclic esters (lactones) is 1. The molecule has 0 unspecified atom stereocenters. The molecule has 1 aromatic carbocycles. The van der Waals surface area contributed by atoms with E-state index >= 15 is 0 Å². The van der Waals surface area contributed by atoms with E-state index in [1.807, 2.05) is 30.3 Å². The van der Waals surface area contributed by atoms with Gasteiger partial charge in [0.2, 0.25) is 5.91 Å². The van der Waals surface area contributed by atoms with Gasteiger partial charge in [-0.2, -0.15) is 0 Å². The molecule has 0 radical (unpaired) electrons. The first-order valence-electron chi connectivity index (χ1n) is 8.39. The number of hydrogen-bond donors (Lipinski definition) is 0. The molecule has 1 fully saturated rings. The van der Waals surface area contributed by atoms with E-state index in [1.54, 1.807) is 0 Å². The van der Waals surface area contributed by atoms with Crippen LogP contribution in [0.5, 0.6) is 0 Å². The van der Waals surface area contributed by atoms with E-state index in [9.17, 15) is 9.59 Å². The third-order valence-electron chi connectivity index (χ3n) is 3.70. The van der Waals surface area contributed by atoms with Crippen LogP contribution in [0.1, 0.15) is 24.8 Å². The van der Waals surface area contributed by atoms with Gasteiger partial charge < -0.3 is 4.74 Å². The summed E-state index contributed by atoms with van der Waals surface area (Å²) < 4.78 is 5.09. The summed E-state index contributed by atoms with van der Waals surface area (Å²) in [7, 11) is -1.36. The lowest BCUT2D eigenvalue weighted by Crippen LogP contribution is -2.40.